The summed E-state index contributed by atoms with van der Waals surface area (Å²) in [6.07, 6.45) is 6.20. The van der Waals surface area contributed by atoms with E-state index in [4.69, 9.17) is 9.47 Å². The third kappa shape index (κ3) is 9.43. The van der Waals surface area contributed by atoms with E-state index in [0.717, 1.165) is 46.4 Å². The van der Waals surface area contributed by atoms with Gasteiger partial charge in [0.05, 0.1) is 25.3 Å². The Morgan fingerprint density at radius 2 is 1.64 bits per heavy atom. The van der Waals surface area contributed by atoms with Crippen LogP contribution in [-0.2, 0) is 47.4 Å². The Morgan fingerprint density at radius 3 is 2.12 bits per heavy atom. The highest BCUT2D eigenvalue weighted by molar-refractivity contribution is 7.96. The fourth-order valence-corrected chi connectivity index (χ4v) is 8.07. The summed E-state index contributed by atoms with van der Waals surface area (Å²) in [6.45, 7) is 17.2. The molecule has 234 valence electrons. The normalized spacial score (nSPS) is 16.2. The highest BCUT2D eigenvalue weighted by Gasteiger charge is 2.29. The summed E-state index contributed by atoms with van der Waals surface area (Å²) in [6, 6.07) is 4.23. The van der Waals surface area contributed by atoms with E-state index >= 15 is 0 Å². The second-order valence-electron chi connectivity index (χ2n) is 13.4. The predicted molar refractivity (Wildman–Crippen MR) is 167 cm³/mol. The minimum atomic E-state index is -3.56. The molecule has 1 aliphatic carbocycles. The van der Waals surface area contributed by atoms with Gasteiger partial charge in [0.25, 0.3) is 5.91 Å². The Labute approximate surface area is 255 Å². The van der Waals surface area contributed by atoms with Crippen LogP contribution in [0, 0.1) is 0 Å². The molecule has 1 atom stereocenters. The number of rotatable bonds is 11. The lowest BCUT2D eigenvalue weighted by Gasteiger charge is -2.22. The van der Waals surface area contributed by atoms with E-state index < -0.39 is 38.6 Å². The van der Waals surface area contributed by atoms with E-state index in [1.54, 1.807) is 34.6 Å². The molecule has 3 rings (SSSR count). The lowest BCUT2D eigenvalue weighted by Crippen LogP contribution is -2.28. The zero-order chi connectivity index (χ0) is 31.5. The van der Waals surface area contributed by atoms with Crippen LogP contribution in [0.25, 0.3) is 0 Å². The van der Waals surface area contributed by atoms with Gasteiger partial charge in [-0.15, -0.1) is 11.3 Å². The molecule has 1 aromatic carbocycles. The minimum absolute atomic E-state index is 0.0484. The number of hydrogen-bond donors (Lipinski definition) is 1. The van der Waals surface area contributed by atoms with Crippen molar-refractivity contribution >= 4 is 32.9 Å². The van der Waals surface area contributed by atoms with Crippen molar-refractivity contribution in [3.05, 3.63) is 45.6 Å². The molecular formula is C32H48N2O6S2. The summed E-state index contributed by atoms with van der Waals surface area (Å²) < 4.78 is 30.3. The van der Waals surface area contributed by atoms with Gasteiger partial charge in [-0.25, -0.2) is 9.19 Å². The Hall–Kier alpha value is -2.14. The van der Waals surface area contributed by atoms with Gasteiger partial charge in [-0.1, -0.05) is 52.7 Å². The molecule has 0 aliphatic heterocycles. The number of hydrogen-bond acceptors (Lipinski definition) is 8. The van der Waals surface area contributed by atoms with E-state index in [1.165, 1.54) is 19.0 Å². The van der Waals surface area contributed by atoms with Crippen molar-refractivity contribution in [3.63, 3.8) is 0 Å². The molecule has 1 heterocycles. The van der Waals surface area contributed by atoms with Crippen LogP contribution in [0.1, 0.15) is 127 Å². The first kappa shape index (κ1) is 34.4. The van der Waals surface area contributed by atoms with Crippen LogP contribution >= 0.6 is 11.3 Å². The number of ether oxygens (including phenoxy) is 2. The van der Waals surface area contributed by atoms with Crippen LogP contribution < -0.4 is 0 Å². The maximum Gasteiger partial charge on any atom is 0.320 e. The van der Waals surface area contributed by atoms with Gasteiger partial charge in [0.1, 0.15) is 35.9 Å². The molecule has 1 amide bonds. The van der Waals surface area contributed by atoms with Crippen LogP contribution in [0.2, 0.25) is 0 Å². The first-order valence-electron chi connectivity index (χ1n) is 14.8. The number of esters is 1. The van der Waals surface area contributed by atoms with Gasteiger partial charge in [-0.05, 0) is 81.5 Å². The van der Waals surface area contributed by atoms with Gasteiger partial charge >= 0.3 is 5.97 Å². The monoisotopic (exact) mass is 620 g/mol. The molecule has 1 saturated carbocycles. The highest BCUT2D eigenvalue weighted by Crippen LogP contribution is 2.33. The molecule has 2 aromatic rings. The quantitative estimate of drug-likeness (QED) is 0.269. The number of thiazole rings is 1. The average Bonchev–Trinajstić information content (AvgIpc) is 3.54. The maximum absolute atomic E-state index is 14.3. The van der Waals surface area contributed by atoms with Gasteiger partial charge in [0.15, 0.2) is 0 Å². The predicted octanol–water partition coefficient (Wildman–Crippen LogP) is 7.01. The average molecular weight is 621 g/mol. The van der Waals surface area contributed by atoms with Gasteiger partial charge in [-0.2, -0.15) is 4.36 Å². The second-order valence-corrected chi connectivity index (χ2v) is 16.8. The molecule has 10 heteroatoms. The van der Waals surface area contributed by atoms with Crippen LogP contribution in [-0.4, -0.2) is 43.6 Å². The van der Waals surface area contributed by atoms with Crippen molar-refractivity contribution in [2.24, 2.45) is 4.36 Å². The number of nitrogens with zero attached hydrogens (tertiary/aromatic N) is 2. The molecule has 1 unspecified atom stereocenters. The lowest BCUT2D eigenvalue weighted by atomic mass is 9.85. The number of amides is 1. The van der Waals surface area contributed by atoms with E-state index in [2.05, 4.69) is 49.2 Å². The van der Waals surface area contributed by atoms with E-state index in [1.807, 2.05) is 0 Å². The Balaban J connectivity index is 2.01. The van der Waals surface area contributed by atoms with E-state index in [9.17, 15) is 18.9 Å². The molecule has 0 saturated heterocycles. The topological polar surface area (TPSA) is 115 Å². The van der Waals surface area contributed by atoms with Crippen molar-refractivity contribution in [1.82, 2.24) is 4.98 Å². The molecule has 0 bridgehead atoms. The summed E-state index contributed by atoms with van der Waals surface area (Å²) in [7, 11) is -3.56. The number of carbonyl (C=O) groups is 2. The molecule has 8 nitrogen and oxygen atoms in total. The van der Waals surface area contributed by atoms with Crippen molar-refractivity contribution in [1.29, 1.82) is 0 Å². The first-order chi connectivity index (χ1) is 19.4. The lowest BCUT2D eigenvalue weighted by molar-refractivity contribution is -0.151. The number of benzene rings is 1. The highest BCUT2D eigenvalue weighted by atomic mass is 32.2. The molecular weight excluding hydrogens is 572 g/mol. The number of aromatic nitrogens is 1. The van der Waals surface area contributed by atoms with Gasteiger partial charge in [-0.3, -0.25) is 9.59 Å². The summed E-state index contributed by atoms with van der Waals surface area (Å²) in [5.74, 6) is -1.62. The smallest absolute Gasteiger partial charge is 0.320 e. The van der Waals surface area contributed by atoms with Crippen LogP contribution in [0.3, 0.4) is 0 Å². The molecule has 1 fully saturated rings. The van der Waals surface area contributed by atoms with Crippen molar-refractivity contribution in [3.8, 4) is 0 Å². The van der Waals surface area contributed by atoms with E-state index in [-0.39, 0.29) is 22.5 Å². The van der Waals surface area contributed by atoms with Gasteiger partial charge in [0, 0.05) is 0 Å². The standard InChI is InChI=1S/C32H48N2O6S2/c1-20(2)24-14-22(18-39-23-12-10-11-13-23)15-25(21(3)4)26(24)16-27(35)34-42(38,19-28(36)40-31(5,6)7)29-17-33-30(41-29)32(8,9)37/h14-15,17,20-21,23,37H,10-13,16,18-19H2,1-9H3. The molecule has 1 N–H and O–H groups in total. The van der Waals surface area contributed by atoms with Crippen LogP contribution in [0.4, 0.5) is 0 Å². The molecule has 1 aromatic heterocycles. The molecule has 0 radical (unpaired) electrons. The van der Waals surface area contributed by atoms with E-state index in [0.29, 0.717) is 17.7 Å². The first-order valence-corrected chi connectivity index (χ1v) is 17.3. The van der Waals surface area contributed by atoms with Crippen molar-refractivity contribution < 1.29 is 28.4 Å². The maximum atomic E-state index is 14.3. The fourth-order valence-electron chi connectivity index (χ4n) is 5.09. The zero-order valence-corrected chi connectivity index (χ0v) is 28.2. The molecule has 1 aliphatic rings. The van der Waals surface area contributed by atoms with Crippen LogP contribution in [0.15, 0.2) is 26.9 Å². The Kier molecular flexibility index (Phi) is 11.2. The van der Waals surface area contributed by atoms with Crippen molar-refractivity contribution in [2.45, 2.75) is 134 Å². The van der Waals surface area contributed by atoms with Crippen LogP contribution in [0.5, 0.6) is 0 Å². The fraction of sp³-hybridized carbons (Fsp3) is 0.656. The second kappa shape index (κ2) is 13.7. The molecule has 42 heavy (non-hydrogen) atoms. The summed E-state index contributed by atoms with van der Waals surface area (Å²) in [4.78, 5) is 30.7. The third-order valence-electron chi connectivity index (χ3n) is 7.04. The van der Waals surface area contributed by atoms with Crippen molar-refractivity contribution in [2.75, 3.05) is 5.75 Å². The largest absolute Gasteiger partial charge is 0.459 e. The number of aliphatic hydroxyl groups is 1. The summed E-state index contributed by atoms with van der Waals surface area (Å²) >= 11 is 0.985. The van der Waals surface area contributed by atoms with Gasteiger partial charge < -0.3 is 14.6 Å². The summed E-state index contributed by atoms with van der Waals surface area (Å²) in [5.41, 5.74) is 1.96. The Morgan fingerprint density at radius 1 is 1.07 bits per heavy atom. The van der Waals surface area contributed by atoms with Gasteiger partial charge in [0.2, 0.25) is 0 Å². The molecule has 0 spiro atoms. The summed E-state index contributed by atoms with van der Waals surface area (Å²) in [5, 5.41) is 10.7. The minimum Gasteiger partial charge on any atom is -0.459 e. The number of carbonyl (C=O) groups excluding carboxylic acids is 2. The Bertz CT molecular complexity index is 1350. The SMILES string of the molecule is CC(C)c1cc(COC2CCCC2)cc(C(C)C)c1CC(=O)N=S(=O)(CC(=O)OC(C)(C)C)c1cnc(C(C)(C)O)s1. The third-order valence-corrected chi connectivity index (χ3v) is 11.0. The zero-order valence-electron chi connectivity index (χ0n) is 26.6.